The molecule has 0 spiro atoms. The summed E-state index contributed by atoms with van der Waals surface area (Å²) in [5.41, 5.74) is 8.75. The number of aromatic nitrogens is 1. The van der Waals surface area contributed by atoms with E-state index in [0.29, 0.717) is 18.3 Å². The zero-order valence-corrected chi connectivity index (χ0v) is 13.6. The highest BCUT2D eigenvalue weighted by Gasteiger charge is 2.10. The van der Waals surface area contributed by atoms with Crippen molar-refractivity contribution in [3.63, 3.8) is 0 Å². The van der Waals surface area contributed by atoms with Crippen molar-refractivity contribution in [2.75, 3.05) is 0 Å². The maximum Gasteiger partial charge on any atom is 0.219 e. The fraction of sp³-hybridized carbons (Fsp3) is 0.312. The molecule has 0 amide bonds. The Balaban J connectivity index is 2.32. The van der Waals surface area contributed by atoms with Crippen molar-refractivity contribution in [3.05, 3.63) is 51.6 Å². The molecular formula is C16H19BrN2O. The first-order valence-electron chi connectivity index (χ1n) is 6.65. The second-order valence-corrected chi connectivity index (χ2v) is 5.95. The van der Waals surface area contributed by atoms with E-state index in [4.69, 9.17) is 10.5 Å². The van der Waals surface area contributed by atoms with E-state index in [-0.39, 0.29) is 0 Å². The summed E-state index contributed by atoms with van der Waals surface area (Å²) in [6.45, 7) is 6.73. The fourth-order valence-electron chi connectivity index (χ4n) is 2.02. The Kier molecular flexibility index (Phi) is 4.78. The SMILES string of the molecule is Cc1nc(Oc2ccc(Br)cc2C(C)C)ccc1CN. The van der Waals surface area contributed by atoms with Crippen LogP contribution >= 0.6 is 15.9 Å². The zero-order chi connectivity index (χ0) is 14.7. The van der Waals surface area contributed by atoms with Crippen molar-refractivity contribution in [1.82, 2.24) is 4.98 Å². The lowest BCUT2D eigenvalue weighted by atomic mass is 10.0. The smallest absolute Gasteiger partial charge is 0.219 e. The molecule has 2 N–H and O–H groups in total. The van der Waals surface area contributed by atoms with Gasteiger partial charge in [-0.05, 0) is 42.2 Å². The number of halogens is 1. The van der Waals surface area contributed by atoms with E-state index < -0.39 is 0 Å². The van der Waals surface area contributed by atoms with Gasteiger partial charge in [-0.1, -0.05) is 35.8 Å². The Labute approximate surface area is 128 Å². The van der Waals surface area contributed by atoms with Crippen LogP contribution in [0.25, 0.3) is 0 Å². The molecule has 1 heterocycles. The lowest BCUT2D eigenvalue weighted by Crippen LogP contribution is -2.02. The maximum absolute atomic E-state index is 5.93. The number of aryl methyl sites for hydroxylation is 1. The van der Waals surface area contributed by atoms with Gasteiger partial charge in [0.2, 0.25) is 5.88 Å². The average molecular weight is 335 g/mol. The van der Waals surface area contributed by atoms with Crippen LogP contribution in [0.2, 0.25) is 0 Å². The van der Waals surface area contributed by atoms with E-state index in [2.05, 4.69) is 40.8 Å². The molecule has 2 aromatic rings. The van der Waals surface area contributed by atoms with E-state index in [1.807, 2.05) is 31.2 Å². The first-order chi connectivity index (χ1) is 9.51. The van der Waals surface area contributed by atoms with E-state index in [9.17, 15) is 0 Å². The Bertz CT molecular complexity index is 611. The molecule has 0 saturated carbocycles. The Morgan fingerprint density at radius 3 is 2.60 bits per heavy atom. The van der Waals surface area contributed by atoms with Crippen LogP contribution in [0.15, 0.2) is 34.8 Å². The van der Waals surface area contributed by atoms with Crippen LogP contribution in [0.1, 0.15) is 36.6 Å². The third-order valence-electron chi connectivity index (χ3n) is 3.20. The number of hydrogen-bond acceptors (Lipinski definition) is 3. The predicted octanol–water partition coefficient (Wildman–Crippen LogP) is 4.53. The lowest BCUT2D eigenvalue weighted by Gasteiger charge is -2.14. The Hall–Kier alpha value is -1.39. The van der Waals surface area contributed by atoms with Crippen LogP contribution in [-0.4, -0.2) is 4.98 Å². The van der Waals surface area contributed by atoms with Gasteiger partial charge in [-0.2, -0.15) is 0 Å². The van der Waals surface area contributed by atoms with Gasteiger partial charge in [0.1, 0.15) is 5.75 Å². The van der Waals surface area contributed by atoms with Gasteiger partial charge in [-0.15, -0.1) is 0 Å². The van der Waals surface area contributed by atoms with Gasteiger partial charge in [0.25, 0.3) is 0 Å². The highest BCUT2D eigenvalue weighted by molar-refractivity contribution is 9.10. The van der Waals surface area contributed by atoms with Crippen molar-refractivity contribution < 1.29 is 4.74 Å². The summed E-state index contributed by atoms with van der Waals surface area (Å²) in [5.74, 6) is 1.83. The molecule has 0 saturated heterocycles. The zero-order valence-electron chi connectivity index (χ0n) is 12.0. The van der Waals surface area contributed by atoms with Gasteiger partial charge in [0.15, 0.2) is 0 Å². The van der Waals surface area contributed by atoms with E-state index in [1.165, 1.54) is 0 Å². The minimum Gasteiger partial charge on any atom is -0.439 e. The molecule has 1 aromatic carbocycles. The molecular weight excluding hydrogens is 316 g/mol. The van der Waals surface area contributed by atoms with E-state index in [0.717, 1.165) is 27.0 Å². The predicted molar refractivity (Wildman–Crippen MR) is 85.2 cm³/mol. The summed E-state index contributed by atoms with van der Waals surface area (Å²) >= 11 is 3.50. The lowest BCUT2D eigenvalue weighted by molar-refractivity contribution is 0.452. The standard InChI is InChI=1S/C16H19BrN2O/c1-10(2)14-8-13(17)5-6-15(14)20-16-7-4-12(9-18)11(3)19-16/h4-8,10H,9,18H2,1-3H3. The molecule has 4 heteroatoms. The van der Waals surface area contributed by atoms with Crippen LogP contribution in [0.5, 0.6) is 11.6 Å². The number of ether oxygens (including phenoxy) is 1. The number of pyridine rings is 1. The molecule has 3 nitrogen and oxygen atoms in total. The molecule has 0 aliphatic heterocycles. The summed E-state index contributed by atoms with van der Waals surface area (Å²) in [7, 11) is 0. The number of nitrogens with zero attached hydrogens (tertiary/aromatic N) is 1. The molecule has 0 fully saturated rings. The molecule has 0 aliphatic carbocycles. The van der Waals surface area contributed by atoms with Crippen LogP contribution in [0.3, 0.4) is 0 Å². The van der Waals surface area contributed by atoms with Crippen LogP contribution in [-0.2, 0) is 6.54 Å². The normalized spacial score (nSPS) is 10.9. The number of rotatable bonds is 4. The maximum atomic E-state index is 5.93. The quantitative estimate of drug-likeness (QED) is 0.893. The first kappa shape index (κ1) is 15.0. The average Bonchev–Trinajstić information content (AvgIpc) is 2.41. The highest BCUT2D eigenvalue weighted by Crippen LogP contribution is 2.32. The van der Waals surface area contributed by atoms with Crippen molar-refractivity contribution in [2.24, 2.45) is 5.73 Å². The number of hydrogen-bond donors (Lipinski definition) is 1. The van der Waals surface area contributed by atoms with Crippen molar-refractivity contribution in [1.29, 1.82) is 0 Å². The minimum atomic E-state index is 0.381. The van der Waals surface area contributed by atoms with Crippen LogP contribution < -0.4 is 10.5 Å². The topological polar surface area (TPSA) is 48.1 Å². The van der Waals surface area contributed by atoms with Gasteiger partial charge in [0.05, 0.1) is 0 Å². The molecule has 0 bridgehead atoms. The number of benzene rings is 1. The van der Waals surface area contributed by atoms with Crippen molar-refractivity contribution >= 4 is 15.9 Å². The Morgan fingerprint density at radius 1 is 1.25 bits per heavy atom. The molecule has 2 rings (SSSR count). The van der Waals surface area contributed by atoms with E-state index in [1.54, 1.807) is 0 Å². The third kappa shape index (κ3) is 3.38. The first-order valence-corrected chi connectivity index (χ1v) is 7.44. The monoisotopic (exact) mass is 334 g/mol. The largest absolute Gasteiger partial charge is 0.439 e. The highest BCUT2D eigenvalue weighted by atomic mass is 79.9. The summed E-state index contributed by atoms with van der Waals surface area (Å²) in [6, 6.07) is 9.85. The Morgan fingerprint density at radius 2 is 2.00 bits per heavy atom. The van der Waals surface area contributed by atoms with Crippen molar-refractivity contribution in [3.8, 4) is 11.6 Å². The molecule has 1 aromatic heterocycles. The van der Waals surface area contributed by atoms with Gasteiger partial charge in [0, 0.05) is 22.8 Å². The third-order valence-corrected chi connectivity index (χ3v) is 3.69. The summed E-state index contributed by atoms with van der Waals surface area (Å²) in [5, 5.41) is 0. The molecule has 0 aliphatic rings. The summed E-state index contributed by atoms with van der Waals surface area (Å²) in [6.07, 6.45) is 0. The van der Waals surface area contributed by atoms with Crippen molar-refractivity contribution in [2.45, 2.75) is 33.2 Å². The van der Waals surface area contributed by atoms with Crippen LogP contribution in [0, 0.1) is 6.92 Å². The second kappa shape index (κ2) is 6.37. The molecule has 0 atom stereocenters. The second-order valence-electron chi connectivity index (χ2n) is 5.04. The number of nitrogens with two attached hydrogens (primary N) is 1. The summed E-state index contributed by atoms with van der Waals surface area (Å²) < 4.78 is 6.99. The molecule has 20 heavy (non-hydrogen) atoms. The fourth-order valence-corrected chi connectivity index (χ4v) is 2.39. The van der Waals surface area contributed by atoms with Gasteiger partial charge in [-0.3, -0.25) is 0 Å². The van der Waals surface area contributed by atoms with Gasteiger partial charge in [-0.25, -0.2) is 4.98 Å². The molecule has 0 radical (unpaired) electrons. The molecule has 106 valence electrons. The van der Waals surface area contributed by atoms with Gasteiger partial charge >= 0.3 is 0 Å². The van der Waals surface area contributed by atoms with E-state index >= 15 is 0 Å². The summed E-state index contributed by atoms with van der Waals surface area (Å²) in [4.78, 5) is 4.45. The van der Waals surface area contributed by atoms with Crippen LogP contribution in [0.4, 0.5) is 0 Å². The molecule has 0 unspecified atom stereocenters. The van der Waals surface area contributed by atoms with Gasteiger partial charge < -0.3 is 10.5 Å². The minimum absolute atomic E-state index is 0.381.